The number of fused-ring (bicyclic) bond motifs is 24. The summed E-state index contributed by atoms with van der Waals surface area (Å²) in [5.74, 6) is 13.7. The van der Waals surface area contributed by atoms with E-state index in [1.54, 1.807) is 12.2 Å². The zero-order valence-corrected chi connectivity index (χ0v) is 72.9. The summed E-state index contributed by atoms with van der Waals surface area (Å²) in [7, 11) is 0. The third kappa shape index (κ3) is 14.7. The first-order chi connectivity index (χ1) is 63.8. The van der Waals surface area contributed by atoms with Crippen molar-refractivity contribution in [2.75, 3.05) is 0 Å². The lowest BCUT2D eigenvalue weighted by molar-refractivity contribution is 0.0887. The molecule has 0 saturated heterocycles. The number of hydrogen-bond donors (Lipinski definition) is 7. The summed E-state index contributed by atoms with van der Waals surface area (Å²) >= 11 is 0. The molecule has 17 aromatic carbocycles. The fraction of sp³-hybridized carbons (Fsp3) is 0.113. The zero-order chi connectivity index (χ0) is 90.9. The van der Waals surface area contributed by atoms with Gasteiger partial charge in [-0.1, -0.05) is 382 Å². The Balaban J connectivity index is 0.000000103. The van der Waals surface area contributed by atoms with Crippen molar-refractivity contribution in [3.8, 4) is 127 Å². The average molecular weight is 1700 g/mol. The van der Waals surface area contributed by atoms with Crippen LogP contribution < -0.4 is 0 Å². The second-order valence-corrected chi connectivity index (χ2v) is 34.0. The molecule has 634 valence electrons. The summed E-state index contributed by atoms with van der Waals surface area (Å²) in [4.78, 5) is 0. The van der Waals surface area contributed by atoms with Gasteiger partial charge in [0.15, 0.2) is 5.60 Å². The maximum Gasteiger partial charge on any atom is 0.177 e. The number of terminal acetylenes is 3. The number of benzene rings is 17. The summed E-state index contributed by atoms with van der Waals surface area (Å²) < 4.78 is 0. The standard InChI is InChI=1S/C21H18O.C21H16O.C20H14O.C16H14O.C16H12O.C15H12O.C15H10O/c2*1-2-3-12-21(22)19-11-7-6-10-17(19)18-13-15-8-4-5-9-16(15)14-20(18)21;1-2-11-20(21)18-10-6-5-9-16(18)17-12-14-7-3-4-8-15(14)13-19(17)20;2*1-2-11-16(17)14-9-5-3-7-12(14)13-8-4-6-10-15(13)16;2*1-2-15(16)13-9-5-3-7-11(13)12-8-4-6-10-14(12)15/h2-11,13-14,22H,12H2,1H3;4-11,13-14,22H,12H2,1H3;1,3-10,12-13,21H,11H2;2-10,17H,1,11H2;1,3-10,17H,11H2;2-10,16H,1H2;1,3-10,16H/b3-2+;;;;;;. The van der Waals surface area contributed by atoms with Gasteiger partial charge < -0.3 is 35.7 Å². The second-order valence-electron chi connectivity index (χ2n) is 34.0. The van der Waals surface area contributed by atoms with E-state index < -0.39 is 39.2 Å². The van der Waals surface area contributed by atoms with Gasteiger partial charge in [0.05, 0.1) is 0 Å². The highest BCUT2D eigenvalue weighted by Gasteiger charge is 2.47. The molecule has 0 fully saturated rings. The summed E-state index contributed by atoms with van der Waals surface area (Å²) in [5.41, 5.74) is 21.2. The zero-order valence-electron chi connectivity index (χ0n) is 72.9. The largest absolute Gasteiger partial charge is 0.380 e. The number of aliphatic hydroxyl groups is 7. The first kappa shape index (κ1) is 86.4. The Kier molecular flexibility index (Phi) is 23.4. The Morgan fingerprint density at radius 2 is 0.481 bits per heavy atom. The van der Waals surface area contributed by atoms with Crippen LogP contribution in [0, 0.1) is 48.9 Å². The average Bonchev–Trinajstić information content (AvgIpc) is 1.58. The maximum absolute atomic E-state index is 11.4. The SMILES string of the molecule is C#CC1(O)c2ccccc2-c2ccccc21.C#CCC1(O)c2ccccc2-c2cc3ccccc3cc21.C#CCC1(O)c2ccccc2-c2ccccc21.C/C=C/CC1(O)c2ccccc2-c2cc3ccccc3cc21.C=CC1(O)c2ccccc2-c2ccccc21.C=CCC1(O)c2ccccc2-c2ccccc21.CC#CCC1(O)c2ccccc2-c2cc3ccccc3cc21. The van der Waals surface area contributed by atoms with E-state index in [0.717, 1.165) is 167 Å². The Morgan fingerprint density at radius 1 is 0.260 bits per heavy atom. The van der Waals surface area contributed by atoms with E-state index in [1.165, 1.54) is 21.5 Å². The molecule has 3 unspecified atom stereocenters. The molecule has 0 radical (unpaired) electrons. The summed E-state index contributed by atoms with van der Waals surface area (Å²) in [6.07, 6.45) is 26.0. The van der Waals surface area contributed by atoms with E-state index in [9.17, 15) is 35.7 Å². The second kappa shape index (κ2) is 35.4. The summed E-state index contributed by atoms with van der Waals surface area (Å²) in [6.45, 7) is 11.3. The highest BCUT2D eigenvalue weighted by atomic mass is 16.3. The lowest BCUT2D eigenvalue weighted by atomic mass is 9.87. The van der Waals surface area contributed by atoms with Gasteiger partial charge in [0, 0.05) is 43.2 Å². The molecule has 24 rings (SSSR count). The molecule has 131 heavy (non-hydrogen) atoms. The van der Waals surface area contributed by atoms with Gasteiger partial charge in [-0.3, -0.25) is 0 Å². The molecular formula is C124H96O7. The van der Waals surface area contributed by atoms with Crippen molar-refractivity contribution in [3.63, 3.8) is 0 Å². The Labute approximate surface area is 766 Å². The molecule has 0 amide bonds. The first-order valence-electron chi connectivity index (χ1n) is 44.1. The van der Waals surface area contributed by atoms with E-state index in [2.05, 4.69) is 152 Å². The van der Waals surface area contributed by atoms with Gasteiger partial charge in [-0.25, -0.2) is 0 Å². The third-order valence-electron chi connectivity index (χ3n) is 26.8. The number of allylic oxidation sites excluding steroid dienone is 1. The Hall–Kier alpha value is -15.3. The van der Waals surface area contributed by atoms with Crippen LogP contribution in [0.25, 0.3) is 110 Å². The predicted octanol–water partition coefficient (Wildman–Crippen LogP) is 25.6. The van der Waals surface area contributed by atoms with Crippen LogP contribution >= 0.6 is 0 Å². The van der Waals surface area contributed by atoms with Crippen molar-refractivity contribution in [1.29, 1.82) is 0 Å². The van der Waals surface area contributed by atoms with Crippen molar-refractivity contribution < 1.29 is 35.7 Å². The lowest BCUT2D eigenvalue weighted by Gasteiger charge is -2.24. The third-order valence-corrected chi connectivity index (χ3v) is 26.8. The molecule has 0 aromatic heterocycles. The van der Waals surface area contributed by atoms with Crippen molar-refractivity contribution in [2.45, 2.75) is 85.2 Å². The predicted molar refractivity (Wildman–Crippen MR) is 535 cm³/mol. The molecule has 7 N–H and O–H groups in total. The molecule has 0 bridgehead atoms. The van der Waals surface area contributed by atoms with Gasteiger partial charge in [-0.2, -0.15) is 0 Å². The van der Waals surface area contributed by atoms with E-state index >= 15 is 0 Å². The number of rotatable bonds is 8. The van der Waals surface area contributed by atoms with Crippen LogP contribution in [0.5, 0.6) is 0 Å². The van der Waals surface area contributed by atoms with E-state index in [1.807, 2.05) is 293 Å². The highest BCUT2D eigenvalue weighted by Crippen LogP contribution is 2.57. The molecule has 7 aliphatic carbocycles. The van der Waals surface area contributed by atoms with Gasteiger partial charge in [0.2, 0.25) is 0 Å². The molecule has 7 aliphatic rings. The molecule has 0 saturated carbocycles. The minimum atomic E-state index is -1.27. The monoisotopic (exact) mass is 1700 g/mol. The van der Waals surface area contributed by atoms with Crippen molar-refractivity contribution in [1.82, 2.24) is 0 Å². The van der Waals surface area contributed by atoms with Crippen LogP contribution in [0.15, 0.2) is 414 Å². The van der Waals surface area contributed by atoms with E-state index in [0.29, 0.717) is 25.7 Å². The minimum Gasteiger partial charge on any atom is -0.380 e. The van der Waals surface area contributed by atoms with Crippen LogP contribution in [-0.4, -0.2) is 35.7 Å². The topological polar surface area (TPSA) is 142 Å². The van der Waals surface area contributed by atoms with Crippen LogP contribution in [0.1, 0.15) is 124 Å². The molecule has 7 heteroatoms. The van der Waals surface area contributed by atoms with Crippen LogP contribution in [-0.2, 0) is 39.2 Å². The van der Waals surface area contributed by atoms with Crippen molar-refractivity contribution in [2.24, 2.45) is 0 Å². The quantitative estimate of drug-likeness (QED) is 0.0593. The fourth-order valence-electron chi connectivity index (χ4n) is 20.5. The van der Waals surface area contributed by atoms with E-state index in [-0.39, 0.29) is 6.42 Å². The van der Waals surface area contributed by atoms with Gasteiger partial charge >= 0.3 is 0 Å². The molecule has 0 spiro atoms. The van der Waals surface area contributed by atoms with Gasteiger partial charge in [-0.05, 0) is 227 Å². The molecule has 0 heterocycles. The van der Waals surface area contributed by atoms with Crippen molar-refractivity contribution in [3.05, 3.63) is 491 Å². The van der Waals surface area contributed by atoms with Crippen LogP contribution in [0.4, 0.5) is 0 Å². The maximum atomic E-state index is 11.4. The van der Waals surface area contributed by atoms with Gasteiger partial charge in [0.1, 0.15) is 33.6 Å². The Morgan fingerprint density at radius 3 is 0.756 bits per heavy atom. The Bertz CT molecular complexity index is 7430. The molecule has 17 aromatic rings. The summed E-state index contributed by atoms with van der Waals surface area (Å²) in [5, 5.41) is 84.1. The molecule has 3 atom stereocenters. The van der Waals surface area contributed by atoms with Crippen molar-refractivity contribution >= 4 is 32.3 Å². The molecule has 0 aliphatic heterocycles. The minimum absolute atomic E-state index is 0.287. The van der Waals surface area contributed by atoms with Crippen LogP contribution in [0.3, 0.4) is 0 Å². The van der Waals surface area contributed by atoms with Gasteiger partial charge in [0.25, 0.3) is 0 Å². The smallest absolute Gasteiger partial charge is 0.177 e. The first-order valence-corrected chi connectivity index (χ1v) is 44.1. The van der Waals surface area contributed by atoms with Gasteiger partial charge in [-0.15, -0.1) is 43.6 Å². The molecular weight excluding hydrogens is 1600 g/mol. The normalized spacial score (nSPS) is 17.0. The fourth-order valence-corrected chi connectivity index (χ4v) is 20.5. The highest BCUT2D eigenvalue weighted by molar-refractivity contribution is 5.97. The van der Waals surface area contributed by atoms with E-state index in [4.69, 9.17) is 19.3 Å². The van der Waals surface area contributed by atoms with Crippen LogP contribution in [0.2, 0.25) is 0 Å². The summed E-state index contributed by atoms with van der Waals surface area (Å²) in [6, 6.07) is 125. The lowest BCUT2D eigenvalue weighted by Crippen LogP contribution is -2.23. The number of hydrogen-bond acceptors (Lipinski definition) is 7. The molecule has 7 nitrogen and oxygen atoms in total.